The van der Waals surface area contributed by atoms with Crippen LogP contribution in [0, 0.1) is 5.92 Å². The highest BCUT2D eigenvalue weighted by atomic mass is 32.1. The fourth-order valence-corrected chi connectivity index (χ4v) is 3.87. The molecule has 2 aromatic rings. The molecule has 2 N–H and O–H groups in total. The molecule has 0 spiro atoms. The van der Waals surface area contributed by atoms with E-state index >= 15 is 0 Å². The van der Waals surface area contributed by atoms with Crippen LogP contribution in [0.2, 0.25) is 0 Å². The summed E-state index contributed by atoms with van der Waals surface area (Å²) in [4.78, 5) is 15.6. The van der Waals surface area contributed by atoms with Gasteiger partial charge in [-0.15, -0.1) is 11.3 Å². The van der Waals surface area contributed by atoms with Crippen LogP contribution in [0.15, 0.2) is 41.8 Å². The summed E-state index contributed by atoms with van der Waals surface area (Å²) in [6.45, 7) is 3.31. The number of carbonyl (C=O) groups excluding carboxylic acids is 1. The normalized spacial score (nSPS) is 16.7. The van der Waals surface area contributed by atoms with Crippen LogP contribution in [0.3, 0.4) is 0 Å². The van der Waals surface area contributed by atoms with Crippen molar-refractivity contribution < 1.29 is 9.53 Å². The van der Waals surface area contributed by atoms with Gasteiger partial charge >= 0.3 is 6.03 Å². The highest BCUT2D eigenvalue weighted by molar-refractivity contribution is 7.09. The van der Waals surface area contributed by atoms with E-state index in [0.29, 0.717) is 19.0 Å². The van der Waals surface area contributed by atoms with E-state index in [9.17, 15) is 4.79 Å². The van der Waals surface area contributed by atoms with Gasteiger partial charge in [0.05, 0.1) is 12.8 Å². The smallest absolute Gasteiger partial charge is 0.314 e. The van der Waals surface area contributed by atoms with Crippen molar-refractivity contribution in [2.75, 3.05) is 38.2 Å². The molecule has 1 aliphatic rings. The van der Waals surface area contributed by atoms with E-state index in [4.69, 9.17) is 4.74 Å². The van der Waals surface area contributed by atoms with Gasteiger partial charge in [-0.2, -0.15) is 0 Å². The minimum atomic E-state index is -0.0766. The van der Waals surface area contributed by atoms with Gasteiger partial charge in [0.1, 0.15) is 5.75 Å². The number of hydrogen-bond donors (Lipinski definition) is 2. The SMILES string of the molecule is COc1ccccc1N1CCC(CNC(=O)NCCc2cccs2)C1. The van der Waals surface area contributed by atoms with Crippen molar-refractivity contribution in [3.8, 4) is 5.75 Å². The van der Waals surface area contributed by atoms with Crippen LogP contribution in [0.5, 0.6) is 5.75 Å². The zero-order valence-electron chi connectivity index (χ0n) is 14.5. The third kappa shape index (κ3) is 4.89. The van der Waals surface area contributed by atoms with E-state index in [1.54, 1.807) is 18.4 Å². The van der Waals surface area contributed by atoms with Crippen molar-refractivity contribution >= 4 is 23.1 Å². The molecule has 1 unspecified atom stereocenters. The molecule has 0 aliphatic carbocycles. The molecule has 1 atom stereocenters. The molecule has 0 bridgehead atoms. The van der Waals surface area contributed by atoms with Gasteiger partial charge in [0.2, 0.25) is 0 Å². The van der Waals surface area contributed by atoms with Crippen molar-refractivity contribution in [1.82, 2.24) is 10.6 Å². The molecule has 2 heterocycles. The van der Waals surface area contributed by atoms with Crippen molar-refractivity contribution in [1.29, 1.82) is 0 Å². The van der Waals surface area contributed by atoms with Gasteiger partial charge in [-0.25, -0.2) is 4.79 Å². The van der Waals surface area contributed by atoms with Crippen LogP contribution in [0.1, 0.15) is 11.3 Å². The molecule has 5 nitrogen and oxygen atoms in total. The topological polar surface area (TPSA) is 53.6 Å². The Hall–Kier alpha value is -2.21. The standard InChI is InChI=1S/C19H25N3O2S/c1-24-18-7-3-2-6-17(18)22-11-9-15(14-22)13-21-19(23)20-10-8-16-5-4-12-25-16/h2-7,12,15H,8-11,13-14H2,1H3,(H2,20,21,23). The van der Waals surface area contributed by atoms with Gasteiger partial charge < -0.3 is 20.3 Å². The third-order valence-electron chi connectivity index (χ3n) is 4.50. The van der Waals surface area contributed by atoms with Gasteiger partial charge in [-0.05, 0) is 42.3 Å². The van der Waals surface area contributed by atoms with Gasteiger partial charge in [-0.3, -0.25) is 0 Å². The van der Waals surface area contributed by atoms with E-state index in [-0.39, 0.29) is 6.03 Å². The predicted octanol–water partition coefficient (Wildman–Crippen LogP) is 3.12. The Balaban J connectivity index is 1.38. The van der Waals surface area contributed by atoms with Crippen LogP contribution in [-0.4, -0.2) is 39.3 Å². The molecule has 1 aromatic heterocycles. The number of nitrogens with zero attached hydrogens (tertiary/aromatic N) is 1. The number of anilines is 1. The summed E-state index contributed by atoms with van der Waals surface area (Å²) < 4.78 is 5.45. The molecule has 6 heteroatoms. The second kappa shape index (κ2) is 8.76. The monoisotopic (exact) mass is 359 g/mol. The average molecular weight is 359 g/mol. The maximum absolute atomic E-state index is 11.9. The molecule has 3 rings (SSSR count). The summed E-state index contributed by atoms with van der Waals surface area (Å²) in [5.74, 6) is 1.37. The number of para-hydroxylation sites is 2. The molecule has 1 aromatic carbocycles. The Morgan fingerprint density at radius 2 is 2.16 bits per heavy atom. The number of benzene rings is 1. The fourth-order valence-electron chi connectivity index (χ4n) is 3.16. The van der Waals surface area contributed by atoms with Crippen LogP contribution in [0.4, 0.5) is 10.5 Å². The molecule has 1 fully saturated rings. The Kier molecular flexibility index (Phi) is 6.17. The van der Waals surface area contributed by atoms with Crippen molar-refractivity contribution in [2.45, 2.75) is 12.8 Å². The first-order valence-electron chi connectivity index (χ1n) is 8.68. The molecule has 134 valence electrons. The molecule has 1 saturated heterocycles. The summed E-state index contributed by atoms with van der Waals surface area (Å²) in [5.41, 5.74) is 1.13. The Labute approximate surface area is 153 Å². The van der Waals surface area contributed by atoms with E-state index in [1.807, 2.05) is 24.3 Å². The second-order valence-corrected chi connectivity index (χ2v) is 7.27. The summed E-state index contributed by atoms with van der Waals surface area (Å²) in [5, 5.41) is 7.99. The van der Waals surface area contributed by atoms with E-state index in [1.165, 1.54) is 4.88 Å². The number of thiophene rings is 1. The first-order chi connectivity index (χ1) is 12.3. The highest BCUT2D eigenvalue weighted by Crippen LogP contribution is 2.31. The highest BCUT2D eigenvalue weighted by Gasteiger charge is 2.24. The van der Waals surface area contributed by atoms with Gasteiger partial charge in [0.25, 0.3) is 0 Å². The average Bonchev–Trinajstić information content (AvgIpc) is 3.32. The lowest BCUT2D eigenvalue weighted by molar-refractivity contribution is 0.239. The number of hydrogen-bond acceptors (Lipinski definition) is 4. The number of ether oxygens (including phenoxy) is 1. The van der Waals surface area contributed by atoms with E-state index in [2.05, 4.69) is 33.0 Å². The van der Waals surface area contributed by atoms with Gasteiger partial charge in [-0.1, -0.05) is 18.2 Å². The van der Waals surface area contributed by atoms with Crippen molar-refractivity contribution in [3.63, 3.8) is 0 Å². The van der Waals surface area contributed by atoms with Crippen LogP contribution >= 0.6 is 11.3 Å². The Morgan fingerprint density at radius 1 is 1.28 bits per heavy atom. The largest absolute Gasteiger partial charge is 0.495 e. The zero-order valence-corrected chi connectivity index (χ0v) is 15.3. The number of rotatable bonds is 7. The quantitative estimate of drug-likeness (QED) is 0.799. The van der Waals surface area contributed by atoms with Crippen LogP contribution in [-0.2, 0) is 6.42 Å². The molecule has 0 radical (unpaired) electrons. The Bertz CT molecular complexity index is 675. The molecular weight excluding hydrogens is 334 g/mol. The number of amides is 2. The number of methoxy groups -OCH3 is 1. The number of nitrogens with one attached hydrogen (secondary N) is 2. The van der Waals surface area contributed by atoms with Crippen molar-refractivity contribution in [3.05, 3.63) is 46.7 Å². The second-order valence-electron chi connectivity index (χ2n) is 6.24. The summed E-state index contributed by atoms with van der Waals surface area (Å²) in [6.07, 6.45) is 1.96. The summed E-state index contributed by atoms with van der Waals surface area (Å²) in [6, 6.07) is 12.1. The molecule has 2 amide bonds. The lowest BCUT2D eigenvalue weighted by Gasteiger charge is -2.21. The maximum atomic E-state index is 11.9. The minimum Gasteiger partial charge on any atom is -0.495 e. The lowest BCUT2D eigenvalue weighted by atomic mass is 10.1. The zero-order chi connectivity index (χ0) is 17.5. The molecule has 0 saturated carbocycles. The Morgan fingerprint density at radius 3 is 2.96 bits per heavy atom. The van der Waals surface area contributed by atoms with E-state index < -0.39 is 0 Å². The minimum absolute atomic E-state index is 0.0766. The summed E-state index contributed by atoms with van der Waals surface area (Å²) in [7, 11) is 1.70. The van der Waals surface area contributed by atoms with Crippen molar-refractivity contribution in [2.24, 2.45) is 5.92 Å². The maximum Gasteiger partial charge on any atom is 0.314 e. The fraction of sp³-hybridized carbons (Fsp3) is 0.421. The van der Waals surface area contributed by atoms with Gasteiger partial charge in [0, 0.05) is 31.1 Å². The van der Waals surface area contributed by atoms with E-state index in [0.717, 1.165) is 37.4 Å². The lowest BCUT2D eigenvalue weighted by Crippen LogP contribution is -2.39. The molecular formula is C19H25N3O2S. The number of urea groups is 1. The van der Waals surface area contributed by atoms with Gasteiger partial charge in [0.15, 0.2) is 0 Å². The molecule has 25 heavy (non-hydrogen) atoms. The summed E-state index contributed by atoms with van der Waals surface area (Å²) >= 11 is 1.72. The first-order valence-corrected chi connectivity index (χ1v) is 9.56. The predicted molar refractivity (Wildman–Crippen MR) is 103 cm³/mol. The van der Waals surface area contributed by atoms with Crippen LogP contribution in [0.25, 0.3) is 0 Å². The third-order valence-corrected chi connectivity index (χ3v) is 5.44. The first kappa shape index (κ1) is 17.6. The molecule has 1 aliphatic heterocycles. The van der Waals surface area contributed by atoms with Crippen LogP contribution < -0.4 is 20.3 Å². The number of carbonyl (C=O) groups is 1.